The molecule has 124 valence electrons. The van der Waals surface area contributed by atoms with Crippen LogP contribution in [0.5, 0.6) is 11.5 Å². The number of esters is 1. The molecule has 0 atom stereocenters. The van der Waals surface area contributed by atoms with Gasteiger partial charge in [0, 0.05) is 11.1 Å². The van der Waals surface area contributed by atoms with E-state index >= 15 is 0 Å². The van der Waals surface area contributed by atoms with Crippen LogP contribution in [0.25, 0.3) is 6.08 Å². The lowest BCUT2D eigenvalue weighted by Gasteiger charge is -2.08. The summed E-state index contributed by atoms with van der Waals surface area (Å²) in [4.78, 5) is 11.8. The van der Waals surface area contributed by atoms with E-state index in [1.165, 1.54) is 12.1 Å². The highest BCUT2D eigenvalue weighted by Crippen LogP contribution is 2.27. The molecule has 0 saturated heterocycles. The van der Waals surface area contributed by atoms with Gasteiger partial charge in [0.25, 0.3) is 0 Å². The molecule has 0 spiro atoms. The van der Waals surface area contributed by atoms with E-state index in [1.807, 2.05) is 0 Å². The summed E-state index contributed by atoms with van der Waals surface area (Å²) in [7, 11) is 0. The summed E-state index contributed by atoms with van der Waals surface area (Å²) >= 11 is 11.8. The third kappa shape index (κ3) is 5.54. The molecule has 2 rings (SSSR count). The molecule has 5 nitrogen and oxygen atoms in total. The predicted molar refractivity (Wildman–Crippen MR) is 93.2 cm³/mol. The van der Waals surface area contributed by atoms with Gasteiger partial charge in [0.1, 0.15) is 29.2 Å². The molecule has 25 heavy (non-hydrogen) atoms. The summed E-state index contributed by atoms with van der Waals surface area (Å²) in [6.45, 7) is -0.339. The number of hydrogen-bond acceptors (Lipinski definition) is 5. The van der Waals surface area contributed by atoms with E-state index in [2.05, 4.69) is 0 Å². The smallest absolute Gasteiger partial charge is 0.349 e. The molecule has 0 saturated carbocycles. The molecule has 0 amide bonds. The summed E-state index contributed by atoms with van der Waals surface area (Å²) < 4.78 is 10.4. The minimum absolute atomic E-state index is 0.0171. The highest BCUT2D eigenvalue weighted by molar-refractivity contribution is 6.34. The number of rotatable bonds is 5. The number of ether oxygens (including phenoxy) is 2. The highest BCUT2D eigenvalue weighted by atomic mass is 35.5. The Kier molecular flexibility index (Phi) is 6.42. The van der Waals surface area contributed by atoms with Gasteiger partial charge in [0.05, 0.1) is 5.02 Å². The Bertz CT molecular complexity index is 878. The molecule has 2 aromatic carbocycles. The molecule has 0 aliphatic carbocycles. The van der Waals surface area contributed by atoms with Crippen LogP contribution in [0.4, 0.5) is 0 Å². The molecule has 0 heterocycles. The summed E-state index contributed by atoms with van der Waals surface area (Å²) in [5.74, 6) is -0.0281. The summed E-state index contributed by atoms with van der Waals surface area (Å²) in [5, 5.41) is 18.2. The van der Waals surface area contributed by atoms with Crippen LogP contribution in [0.2, 0.25) is 10.0 Å². The zero-order valence-corrected chi connectivity index (χ0v) is 14.2. The molecule has 0 aliphatic rings. The van der Waals surface area contributed by atoms with Gasteiger partial charge < -0.3 is 9.47 Å². The van der Waals surface area contributed by atoms with Crippen molar-refractivity contribution in [3.05, 3.63) is 63.6 Å². The number of halogens is 2. The maximum atomic E-state index is 11.8. The molecule has 0 unspecified atom stereocenters. The Morgan fingerprint density at radius 1 is 1.08 bits per heavy atom. The minimum Gasteiger partial charge on any atom is -0.480 e. The number of allylic oxidation sites excluding steroid dienone is 1. The second-order valence-electron chi connectivity index (χ2n) is 4.69. The number of carbonyl (C=O) groups excluding carboxylic acids is 1. The van der Waals surface area contributed by atoms with E-state index in [-0.39, 0.29) is 17.9 Å². The average molecular weight is 373 g/mol. The van der Waals surface area contributed by atoms with Crippen LogP contribution >= 0.6 is 23.2 Å². The van der Waals surface area contributed by atoms with Crippen molar-refractivity contribution in [2.24, 2.45) is 0 Å². The lowest BCUT2D eigenvalue weighted by Crippen LogP contribution is -2.17. The largest absolute Gasteiger partial charge is 0.480 e. The Hall–Kier alpha value is -2.99. The van der Waals surface area contributed by atoms with Crippen molar-refractivity contribution < 1.29 is 14.3 Å². The van der Waals surface area contributed by atoms with Gasteiger partial charge in [-0.1, -0.05) is 35.3 Å². The fraction of sp³-hybridized carbons (Fsp3) is 0.0556. The van der Waals surface area contributed by atoms with Crippen LogP contribution in [-0.2, 0) is 4.79 Å². The molecular weight excluding hydrogens is 363 g/mol. The third-order valence-electron chi connectivity index (χ3n) is 2.90. The molecule has 2 aromatic rings. The van der Waals surface area contributed by atoms with Crippen LogP contribution in [-0.4, -0.2) is 12.6 Å². The van der Waals surface area contributed by atoms with Crippen molar-refractivity contribution in [2.45, 2.75) is 0 Å². The molecule has 0 N–H and O–H groups in total. The zero-order chi connectivity index (χ0) is 18.2. The molecule has 0 aromatic heterocycles. The van der Waals surface area contributed by atoms with Crippen LogP contribution in [0.3, 0.4) is 0 Å². The van der Waals surface area contributed by atoms with Gasteiger partial charge in [-0.2, -0.15) is 10.5 Å². The number of carbonyl (C=O) groups is 1. The van der Waals surface area contributed by atoms with E-state index in [9.17, 15) is 4.79 Å². The van der Waals surface area contributed by atoms with Crippen LogP contribution in [0.1, 0.15) is 5.56 Å². The number of benzene rings is 2. The Balaban J connectivity index is 1.95. The highest BCUT2D eigenvalue weighted by Gasteiger charge is 2.09. The van der Waals surface area contributed by atoms with Gasteiger partial charge in [0.15, 0.2) is 6.61 Å². The van der Waals surface area contributed by atoms with E-state index in [0.717, 1.165) is 0 Å². The monoisotopic (exact) mass is 372 g/mol. The van der Waals surface area contributed by atoms with Gasteiger partial charge in [-0.15, -0.1) is 0 Å². The molecular formula is C18H10Cl2N2O3. The SMILES string of the molecule is N#CC(C#N)=Cc1ccc(OC(=O)COc2cc(Cl)ccc2Cl)cc1. The number of nitriles is 2. The molecule has 7 heteroatoms. The van der Waals surface area contributed by atoms with E-state index in [1.54, 1.807) is 48.5 Å². The first kappa shape index (κ1) is 18.4. The number of hydrogen-bond donors (Lipinski definition) is 0. The second-order valence-corrected chi connectivity index (χ2v) is 5.53. The third-order valence-corrected chi connectivity index (χ3v) is 3.45. The van der Waals surface area contributed by atoms with Gasteiger partial charge in [-0.05, 0) is 35.9 Å². The first-order valence-corrected chi connectivity index (χ1v) is 7.68. The normalized spacial score (nSPS) is 9.44. The quantitative estimate of drug-likeness (QED) is 0.440. The van der Waals surface area contributed by atoms with Crippen LogP contribution in [0.15, 0.2) is 48.0 Å². The van der Waals surface area contributed by atoms with Crippen molar-refractivity contribution >= 4 is 35.2 Å². The maximum absolute atomic E-state index is 11.8. The molecule has 0 aliphatic heterocycles. The maximum Gasteiger partial charge on any atom is 0.349 e. The number of nitrogens with zero attached hydrogens (tertiary/aromatic N) is 2. The van der Waals surface area contributed by atoms with Crippen LogP contribution < -0.4 is 9.47 Å². The van der Waals surface area contributed by atoms with Crippen molar-refractivity contribution in [1.29, 1.82) is 10.5 Å². The Morgan fingerprint density at radius 3 is 2.40 bits per heavy atom. The topological polar surface area (TPSA) is 83.1 Å². The Morgan fingerprint density at radius 2 is 1.76 bits per heavy atom. The van der Waals surface area contributed by atoms with E-state index in [4.69, 9.17) is 43.2 Å². The van der Waals surface area contributed by atoms with E-state index < -0.39 is 5.97 Å². The van der Waals surface area contributed by atoms with Crippen molar-refractivity contribution in [2.75, 3.05) is 6.61 Å². The van der Waals surface area contributed by atoms with Crippen molar-refractivity contribution in [3.63, 3.8) is 0 Å². The van der Waals surface area contributed by atoms with Gasteiger partial charge >= 0.3 is 5.97 Å². The first-order chi connectivity index (χ1) is 12.0. The minimum atomic E-state index is -0.617. The zero-order valence-electron chi connectivity index (χ0n) is 12.7. The molecule has 0 fully saturated rings. The lowest BCUT2D eigenvalue weighted by atomic mass is 10.1. The fourth-order valence-electron chi connectivity index (χ4n) is 1.77. The van der Waals surface area contributed by atoms with Gasteiger partial charge in [0.2, 0.25) is 0 Å². The second kappa shape index (κ2) is 8.75. The van der Waals surface area contributed by atoms with Gasteiger partial charge in [-0.25, -0.2) is 4.79 Å². The predicted octanol–water partition coefficient (Wildman–Crippen LogP) is 4.41. The summed E-state index contributed by atoms with van der Waals surface area (Å²) in [5.41, 5.74) is 0.622. The summed E-state index contributed by atoms with van der Waals surface area (Å²) in [6, 6.07) is 14.5. The van der Waals surface area contributed by atoms with E-state index in [0.29, 0.717) is 21.4 Å². The van der Waals surface area contributed by atoms with Crippen molar-refractivity contribution in [1.82, 2.24) is 0 Å². The fourth-order valence-corrected chi connectivity index (χ4v) is 2.11. The molecule has 0 radical (unpaired) electrons. The molecule has 0 bridgehead atoms. The Labute approximate surface area is 154 Å². The average Bonchev–Trinajstić information content (AvgIpc) is 2.62. The lowest BCUT2D eigenvalue weighted by molar-refractivity contribution is -0.136. The van der Waals surface area contributed by atoms with Crippen molar-refractivity contribution in [3.8, 4) is 23.6 Å². The van der Waals surface area contributed by atoms with Gasteiger partial charge in [-0.3, -0.25) is 0 Å². The summed E-state index contributed by atoms with van der Waals surface area (Å²) in [6.07, 6.45) is 1.43. The first-order valence-electron chi connectivity index (χ1n) is 6.92. The standard InChI is InChI=1S/C18H10Cl2N2O3/c19-14-3-6-16(20)17(8-14)24-11-18(23)25-15-4-1-12(2-5-15)7-13(9-21)10-22/h1-8H,11H2. The van der Waals surface area contributed by atoms with Crippen LogP contribution in [0, 0.1) is 22.7 Å².